The fraction of sp³-hybridized carbons (Fsp3) is 0.0417. The third-order valence-electron chi connectivity index (χ3n) is 4.88. The van der Waals surface area contributed by atoms with Crippen LogP contribution < -0.4 is 10.3 Å². The SMILES string of the molecule is Cc1cccn2c(=O)c(/C=C(/C#N)S(=O)(=O)c3ccc(Cl)cc3)c(Oc3ccc(Br)cc3)nc12. The molecule has 0 unspecified atom stereocenters. The van der Waals surface area contributed by atoms with Crippen LogP contribution in [0.3, 0.4) is 0 Å². The molecule has 2 aromatic heterocycles. The second-order valence-electron chi connectivity index (χ2n) is 7.15. The van der Waals surface area contributed by atoms with Gasteiger partial charge in [-0.1, -0.05) is 33.6 Å². The largest absolute Gasteiger partial charge is 0.438 e. The summed E-state index contributed by atoms with van der Waals surface area (Å²) in [6, 6.07) is 17.3. The molecule has 0 bridgehead atoms. The van der Waals surface area contributed by atoms with E-state index in [-0.39, 0.29) is 16.3 Å². The Morgan fingerprint density at radius 3 is 2.47 bits per heavy atom. The van der Waals surface area contributed by atoms with Gasteiger partial charge >= 0.3 is 0 Å². The molecule has 0 aliphatic heterocycles. The molecule has 7 nitrogen and oxygen atoms in total. The first kappa shape index (κ1) is 23.7. The van der Waals surface area contributed by atoms with E-state index in [4.69, 9.17) is 16.3 Å². The van der Waals surface area contributed by atoms with Crippen LogP contribution in [0.15, 0.2) is 85.9 Å². The van der Waals surface area contributed by atoms with Crippen molar-refractivity contribution in [2.45, 2.75) is 11.8 Å². The number of hydrogen-bond donors (Lipinski definition) is 0. The van der Waals surface area contributed by atoms with E-state index in [0.717, 1.165) is 10.5 Å². The Hall–Kier alpha value is -3.45. The lowest BCUT2D eigenvalue weighted by Crippen LogP contribution is -2.20. The number of ether oxygens (including phenoxy) is 1. The number of hydrogen-bond acceptors (Lipinski definition) is 6. The van der Waals surface area contributed by atoms with Gasteiger partial charge in [0, 0.05) is 15.7 Å². The third kappa shape index (κ3) is 4.61. The van der Waals surface area contributed by atoms with Crippen LogP contribution in [0.5, 0.6) is 11.6 Å². The first-order valence-corrected chi connectivity index (χ1v) is 12.4. The monoisotopic (exact) mass is 555 g/mol. The molecule has 170 valence electrons. The summed E-state index contributed by atoms with van der Waals surface area (Å²) >= 11 is 9.20. The van der Waals surface area contributed by atoms with Crippen molar-refractivity contribution in [3.05, 3.63) is 103 Å². The molecule has 10 heteroatoms. The van der Waals surface area contributed by atoms with E-state index < -0.39 is 20.3 Å². The molecule has 2 heterocycles. The smallest absolute Gasteiger partial charge is 0.269 e. The predicted molar refractivity (Wildman–Crippen MR) is 133 cm³/mol. The van der Waals surface area contributed by atoms with E-state index in [9.17, 15) is 18.5 Å². The van der Waals surface area contributed by atoms with Crippen molar-refractivity contribution >= 4 is 49.1 Å². The first-order valence-electron chi connectivity index (χ1n) is 9.78. The van der Waals surface area contributed by atoms with Crippen LogP contribution >= 0.6 is 27.5 Å². The van der Waals surface area contributed by atoms with Crippen molar-refractivity contribution in [1.29, 1.82) is 5.26 Å². The number of halogens is 2. The van der Waals surface area contributed by atoms with Crippen LogP contribution in [0.25, 0.3) is 11.7 Å². The van der Waals surface area contributed by atoms with E-state index in [1.54, 1.807) is 49.4 Å². The van der Waals surface area contributed by atoms with Crippen molar-refractivity contribution in [2.24, 2.45) is 0 Å². The number of rotatable bonds is 5. The Morgan fingerprint density at radius 2 is 1.82 bits per heavy atom. The molecule has 4 rings (SSSR count). The van der Waals surface area contributed by atoms with Gasteiger partial charge in [-0.25, -0.2) is 8.42 Å². The lowest BCUT2D eigenvalue weighted by atomic mass is 10.2. The minimum absolute atomic E-state index is 0.124. The number of nitriles is 1. The number of fused-ring (bicyclic) bond motifs is 1. The Bertz CT molecular complexity index is 1640. The quantitative estimate of drug-likeness (QED) is 0.299. The van der Waals surface area contributed by atoms with Crippen molar-refractivity contribution in [3.8, 4) is 17.7 Å². The third-order valence-corrected chi connectivity index (χ3v) is 7.34. The van der Waals surface area contributed by atoms with E-state index in [1.165, 1.54) is 34.9 Å². The summed E-state index contributed by atoms with van der Waals surface area (Å²) in [5.74, 6) is 0.252. The average molecular weight is 557 g/mol. The van der Waals surface area contributed by atoms with Gasteiger partial charge in [0.1, 0.15) is 27.9 Å². The molecule has 0 N–H and O–H groups in total. The van der Waals surface area contributed by atoms with Gasteiger partial charge in [0.05, 0.1) is 4.90 Å². The van der Waals surface area contributed by atoms with E-state index in [0.29, 0.717) is 22.0 Å². The summed E-state index contributed by atoms with van der Waals surface area (Å²) in [7, 11) is -4.24. The molecule has 0 atom stereocenters. The second kappa shape index (κ2) is 9.43. The molecule has 2 aromatic carbocycles. The van der Waals surface area contributed by atoms with Gasteiger partial charge in [-0.15, -0.1) is 0 Å². The molecular formula is C24H15BrClN3O4S. The summed E-state index contributed by atoms with van der Waals surface area (Å²) < 4.78 is 34.2. The highest BCUT2D eigenvalue weighted by Crippen LogP contribution is 2.28. The molecule has 0 amide bonds. The van der Waals surface area contributed by atoms with Crippen molar-refractivity contribution < 1.29 is 13.2 Å². The number of benzene rings is 2. The normalized spacial score (nSPS) is 11.9. The van der Waals surface area contributed by atoms with Gasteiger partial charge in [0.2, 0.25) is 15.7 Å². The average Bonchev–Trinajstić information content (AvgIpc) is 2.81. The Balaban J connectivity index is 1.95. The summed E-state index contributed by atoms with van der Waals surface area (Å²) in [5.41, 5.74) is 0.292. The van der Waals surface area contributed by atoms with Crippen molar-refractivity contribution in [1.82, 2.24) is 9.38 Å². The highest BCUT2D eigenvalue weighted by Gasteiger charge is 2.24. The summed E-state index contributed by atoms with van der Waals surface area (Å²) in [6.07, 6.45) is 2.50. The zero-order valence-corrected chi connectivity index (χ0v) is 20.7. The van der Waals surface area contributed by atoms with Gasteiger partial charge < -0.3 is 4.74 Å². The number of aromatic nitrogens is 2. The van der Waals surface area contributed by atoms with Crippen LogP contribution in [0.2, 0.25) is 5.02 Å². The zero-order chi connectivity index (χ0) is 24.5. The fourth-order valence-electron chi connectivity index (χ4n) is 3.15. The van der Waals surface area contributed by atoms with Crippen LogP contribution in [-0.2, 0) is 9.84 Å². The number of nitrogens with zero attached hydrogens (tertiary/aromatic N) is 3. The summed E-state index contributed by atoms with van der Waals surface area (Å²) in [6.45, 7) is 1.78. The molecule has 0 saturated carbocycles. The first-order chi connectivity index (χ1) is 16.2. The maximum Gasteiger partial charge on any atom is 0.269 e. The topological polar surface area (TPSA) is 102 Å². The number of allylic oxidation sites excluding steroid dienone is 1. The predicted octanol–water partition coefficient (Wildman–Crippen LogP) is 5.55. The van der Waals surface area contributed by atoms with E-state index >= 15 is 0 Å². The highest BCUT2D eigenvalue weighted by atomic mass is 79.9. The fourth-order valence-corrected chi connectivity index (χ4v) is 4.68. The molecule has 34 heavy (non-hydrogen) atoms. The van der Waals surface area contributed by atoms with Crippen molar-refractivity contribution in [2.75, 3.05) is 0 Å². The highest BCUT2D eigenvalue weighted by molar-refractivity contribution is 9.10. The molecule has 0 fully saturated rings. The van der Waals surface area contributed by atoms with Gasteiger partial charge in [-0.3, -0.25) is 9.20 Å². The summed E-state index contributed by atoms with van der Waals surface area (Å²) in [5, 5.41) is 10.0. The molecule has 0 aliphatic rings. The van der Waals surface area contributed by atoms with Crippen LogP contribution in [0.1, 0.15) is 11.1 Å². The van der Waals surface area contributed by atoms with E-state index in [1.807, 2.05) is 0 Å². The number of sulfone groups is 1. The minimum Gasteiger partial charge on any atom is -0.438 e. The lowest BCUT2D eigenvalue weighted by molar-refractivity contribution is 0.460. The molecule has 0 saturated heterocycles. The summed E-state index contributed by atoms with van der Waals surface area (Å²) in [4.78, 5) is 17.1. The van der Waals surface area contributed by atoms with E-state index in [2.05, 4.69) is 20.9 Å². The molecule has 0 radical (unpaired) electrons. The van der Waals surface area contributed by atoms with Gasteiger partial charge in [-0.2, -0.15) is 10.2 Å². The molecule has 4 aromatic rings. The van der Waals surface area contributed by atoms with Crippen molar-refractivity contribution in [3.63, 3.8) is 0 Å². The van der Waals surface area contributed by atoms with Crippen LogP contribution in [0.4, 0.5) is 0 Å². The van der Waals surface area contributed by atoms with Gasteiger partial charge in [0.15, 0.2) is 0 Å². The Kier molecular flexibility index (Phi) is 6.57. The number of pyridine rings is 1. The lowest BCUT2D eigenvalue weighted by Gasteiger charge is -2.12. The maximum absolute atomic E-state index is 13.4. The Labute approximate surface area is 208 Å². The van der Waals surface area contributed by atoms with Gasteiger partial charge in [0.25, 0.3) is 5.56 Å². The minimum atomic E-state index is -4.24. The second-order valence-corrected chi connectivity index (χ2v) is 10.4. The number of aryl methyl sites for hydroxylation is 1. The van der Waals surface area contributed by atoms with Gasteiger partial charge in [-0.05, 0) is 73.2 Å². The standard InChI is InChI=1S/C24H15BrClN3O4S/c1-15-3-2-12-29-22(15)28-23(33-18-8-4-16(25)5-9-18)21(24(29)30)13-20(14-27)34(31,32)19-10-6-17(26)7-11-19/h2-13H,1H3/b20-13-. The van der Waals surface area contributed by atoms with Crippen LogP contribution in [-0.4, -0.2) is 17.8 Å². The molecule has 0 aliphatic carbocycles. The van der Waals surface area contributed by atoms with Crippen LogP contribution in [0, 0.1) is 18.3 Å². The zero-order valence-electron chi connectivity index (χ0n) is 17.6. The molecular weight excluding hydrogens is 542 g/mol. The maximum atomic E-state index is 13.4. The molecule has 0 spiro atoms. The Morgan fingerprint density at radius 1 is 1.15 bits per heavy atom.